The summed E-state index contributed by atoms with van der Waals surface area (Å²) in [6.07, 6.45) is 1.30. The zero-order valence-electron chi connectivity index (χ0n) is 11.3. The Morgan fingerprint density at radius 3 is 2.83 bits per heavy atom. The lowest BCUT2D eigenvalue weighted by Crippen LogP contribution is -2.43. The number of likely N-dealkylation sites (N-methyl/N-ethyl adjacent to an activating group) is 1. The van der Waals surface area contributed by atoms with Gasteiger partial charge in [0.15, 0.2) is 0 Å². The van der Waals surface area contributed by atoms with Gasteiger partial charge in [0, 0.05) is 31.0 Å². The molecule has 3 heteroatoms. The standard InChI is InChI=1S/C15H21NO2/c1-10-4-5-14-12(6-10)13(17)8-15(18-14)7-11(2)16(3)9-15/h4-6,11,13,17H,7-9H2,1-3H3. The minimum Gasteiger partial charge on any atom is -0.485 e. The molecule has 0 bridgehead atoms. The fraction of sp³-hybridized carbons (Fsp3) is 0.600. The van der Waals surface area contributed by atoms with Gasteiger partial charge in [-0.3, -0.25) is 4.90 Å². The molecule has 0 aromatic heterocycles. The topological polar surface area (TPSA) is 32.7 Å². The molecule has 0 aliphatic carbocycles. The van der Waals surface area contributed by atoms with E-state index in [1.54, 1.807) is 0 Å². The molecule has 0 saturated carbocycles. The fourth-order valence-corrected chi connectivity index (χ4v) is 3.35. The van der Waals surface area contributed by atoms with Crippen LogP contribution in [-0.2, 0) is 0 Å². The van der Waals surface area contributed by atoms with E-state index in [1.165, 1.54) is 5.56 Å². The van der Waals surface area contributed by atoms with E-state index >= 15 is 0 Å². The number of nitrogens with zero attached hydrogens (tertiary/aromatic N) is 1. The Balaban J connectivity index is 1.95. The second-order valence-corrected chi connectivity index (χ2v) is 6.01. The van der Waals surface area contributed by atoms with Gasteiger partial charge >= 0.3 is 0 Å². The number of hydrogen-bond acceptors (Lipinski definition) is 3. The van der Waals surface area contributed by atoms with Crippen molar-refractivity contribution >= 4 is 0 Å². The van der Waals surface area contributed by atoms with E-state index in [4.69, 9.17) is 4.74 Å². The van der Waals surface area contributed by atoms with Crippen molar-refractivity contribution in [1.82, 2.24) is 4.90 Å². The van der Waals surface area contributed by atoms with Crippen molar-refractivity contribution in [2.75, 3.05) is 13.6 Å². The van der Waals surface area contributed by atoms with Gasteiger partial charge < -0.3 is 9.84 Å². The number of hydrogen-bond donors (Lipinski definition) is 1. The average molecular weight is 247 g/mol. The summed E-state index contributed by atoms with van der Waals surface area (Å²) in [6.45, 7) is 5.16. The largest absolute Gasteiger partial charge is 0.485 e. The number of fused-ring (bicyclic) bond motifs is 1. The minimum atomic E-state index is -0.396. The van der Waals surface area contributed by atoms with Crippen LogP contribution in [-0.4, -0.2) is 35.2 Å². The van der Waals surface area contributed by atoms with Crippen LogP contribution < -0.4 is 4.74 Å². The van der Waals surface area contributed by atoms with Crippen molar-refractivity contribution in [3.05, 3.63) is 29.3 Å². The molecule has 3 atom stereocenters. The summed E-state index contributed by atoms with van der Waals surface area (Å²) in [5.41, 5.74) is 1.92. The number of rotatable bonds is 0. The Hall–Kier alpha value is -1.06. The van der Waals surface area contributed by atoms with Crippen molar-refractivity contribution < 1.29 is 9.84 Å². The molecule has 2 aliphatic rings. The molecule has 3 rings (SSSR count). The van der Waals surface area contributed by atoms with Crippen molar-refractivity contribution in [3.63, 3.8) is 0 Å². The summed E-state index contributed by atoms with van der Waals surface area (Å²) in [4.78, 5) is 2.31. The smallest absolute Gasteiger partial charge is 0.126 e. The molecular formula is C15H21NO2. The van der Waals surface area contributed by atoms with Crippen LogP contribution in [0.2, 0.25) is 0 Å². The first-order valence-corrected chi connectivity index (χ1v) is 6.67. The zero-order chi connectivity index (χ0) is 12.9. The summed E-state index contributed by atoms with van der Waals surface area (Å²) < 4.78 is 6.24. The highest BCUT2D eigenvalue weighted by atomic mass is 16.5. The predicted molar refractivity (Wildman–Crippen MR) is 70.8 cm³/mol. The predicted octanol–water partition coefficient (Wildman–Crippen LogP) is 2.27. The second-order valence-electron chi connectivity index (χ2n) is 6.01. The molecule has 2 heterocycles. The van der Waals surface area contributed by atoms with Gasteiger partial charge in [0.1, 0.15) is 11.4 Å². The molecule has 1 saturated heterocycles. The van der Waals surface area contributed by atoms with E-state index in [9.17, 15) is 5.11 Å². The molecule has 98 valence electrons. The second kappa shape index (κ2) is 3.97. The van der Waals surface area contributed by atoms with Crippen molar-refractivity contribution in [2.24, 2.45) is 0 Å². The van der Waals surface area contributed by atoms with E-state index in [-0.39, 0.29) is 5.60 Å². The summed E-state index contributed by atoms with van der Waals surface area (Å²) in [6, 6.07) is 6.60. The van der Waals surface area contributed by atoms with Crippen LogP contribution in [0.5, 0.6) is 5.75 Å². The van der Waals surface area contributed by atoms with E-state index < -0.39 is 6.10 Å². The highest BCUT2D eigenvalue weighted by Gasteiger charge is 2.47. The van der Waals surface area contributed by atoms with Gasteiger partial charge in [0.25, 0.3) is 0 Å². The maximum atomic E-state index is 10.4. The van der Waals surface area contributed by atoms with Crippen LogP contribution >= 0.6 is 0 Å². The molecule has 3 unspecified atom stereocenters. The monoisotopic (exact) mass is 247 g/mol. The third kappa shape index (κ3) is 1.82. The van der Waals surface area contributed by atoms with Crippen LogP contribution in [0.4, 0.5) is 0 Å². The molecule has 1 fully saturated rings. The molecule has 0 amide bonds. The Bertz CT molecular complexity index is 462. The first kappa shape index (κ1) is 12.0. The Morgan fingerprint density at radius 2 is 2.17 bits per heavy atom. The van der Waals surface area contributed by atoms with Crippen LogP contribution in [0.1, 0.15) is 37.0 Å². The lowest BCUT2D eigenvalue weighted by molar-refractivity contribution is -0.00612. The average Bonchev–Trinajstić information content (AvgIpc) is 2.55. The molecule has 1 aromatic rings. The first-order valence-electron chi connectivity index (χ1n) is 6.67. The van der Waals surface area contributed by atoms with E-state index in [0.29, 0.717) is 12.5 Å². The summed E-state index contributed by atoms with van der Waals surface area (Å²) in [5.74, 6) is 0.863. The number of likely N-dealkylation sites (tertiary alicyclic amines) is 1. The molecule has 2 aliphatic heterocycles. The maximum absolute atomic E-state index is 10.4. The van der Waals surface area contributed by atoms with Gasteiger partial charge in [-0.25, -0.2) is 0 Å². The Labute approximate surface area is 108 Å². The third-order valence-corrected chi connectivity index (χ3v) is 4.37. The molecular weight excluding hydrogens is 226 g/mol. The molecule has 1 N–H and O–H groups in total. The Morgan fingerprint density at radius 1 is 1.39 bits per heavy atom. The van der Waals surface area contributed by atoms with Gasteiger partial charge in [-0.2, -0.15) is 0 Å². The number of aliphatic hydroxyl groups is 1. The summed E-state index contributed by atoms with van der Waals surface area (Å²) in [7, 11) is 2.12. The fourth-order valence-electron chi connectivity index (χ4n) is 3.35. The number of aryl methyl sites for hydroxylation is 1. The van der Waals surface area contributed by atoms with Crippen molar-refractivity contribution in [3.8, 4) is 5.75 Å². The molecule has 1 spiro atoms. The van der Waals surface area contributed by atoms with Gasteiger partial charge in [-0.15, -0.1) is 0 Å². The van der Waals surface area contributed by atoms with Crippen molar-refractivity contribution in [2.45, 2.75) is 44.4 Å². The van der Waals surface area contributed by atoms with Crippen LogP contribution in [0.25, 0.3) is 0 Å². The molecule has 3 nitrogen and oxygen atoms in total. The summed E-state index contributed by atoms with van der Waals surface area (Å²) in [5, 5.41) is 10.4. The Kier molecular flexibility index (Phi) is 2.65. The normalized spacial score (nSPS) is 35.6. The minimum absolute atomic E-state index is 0.199. The quantitative estimate of drug-likeness (QED) is 0.763. The highest BCUT2D eigenvalue weighted by molar-refractivity contribution is 5.41. The van der Waals surface area contributed by atoms with Gasteiger partial charge in [0.05, 0.1) is 6.10 Å². The van der Waals surface area contributed by atoms with Gasteiger partial charge in [0.2, 0.25) is 0 Å². The lowest BCUT2D eigenvalue weighted by Gasteiger charge is -2.38. The van der Waals surface area contributed by atoms with Gasteiger partial charge in [-0.1, -0.05) is 11.6 Å². The third-order valence-electron chi connectivity index (χ3n) is 4.37. The highest BCUT2D eigenvalue weighted by Crippen LogP contribution is 2.45. The SMILES string of the molecule is Cc1ccc2c(c1)C(O)CC1(CC(C)N(C)C1)O2. The maximum Gasteiger partial charge on any atom is 0.126 e. The van der Waals surface area contributed by atoms with Crippen molar-refractivity contribution in [1.29, 1.82) is 0 Å². The van der Waals surface area contributed by atoms with E-state index in [1.807, 2.05) is 25.1 Å². The van der Waals surface area contributed by atoms with Crippen LogP contribution in [0.15, 0.2) is 18.2 Å². The van der Waals surface area contributed by atoms with Crippen LogP contribution in [0.3, 0.4) is 0 Å². The zero-order valence-corrected chi connectivity index (χ0v) is 11.3. The van der Waals surface area contributed by atoms with E-state index in [2.05, 4.69) is 18.9 Å². The molecule has 18 heavy (non-hydrogen) atoms. The number of aliphatic hydroxyl groups excluding tert-OH is 1. The van der Waals surface area contributed by atoms with Gasteiger partial charge in [-0.05, 0) is 33.0 Å². The first-order chi connectivity index (χ1) is 8.49. The van der Waals surface area contributed by atoms with Crippen LogP contribution in [0, 0.1) is 6.92 Å². The summed E-state index contributed by atoms with van der Waals surface area (Å²) >= 11 is 0. The van der Waals surface area contributed by atoms with E-state index in [0.717, 1.165) is 24.3 Å². The molecule has 0 radical (unpaired) electrons. The lowest BCUT2D eigenvalue weighted by atomic mass is 9.86. The number of ether oxygens (including phenoxy) is 1. The molecule has 1 aromatic carbocycles. The number of benzene rings is 1.